The third-order valence-corrected chi connectivity index (χ3v) is 16.6. The van der Waals surface area contributed by atoms with Crippen LogP contribution in [-0.4, -0.2) is 0 Å². The molecule has 3 nitrogen and oxygen atoms in total. The third-order valence-electron chi connectivity index (χ3n) is 16.6. The van der Waals surface area contributed by atoms with Crippen molar-refractivity contribution in [2.24, 2.45) is 0 Å². The van der Waals surface area contributed by atoms with Crippen molar-refractivity contribution in [2.45, 2.75) is 10.8 Å². The molecular formula is C72H45NO2. The monoisotopic (exact) mass is 955 g/mol. The largest absolute Gasteiger partial charge is 0.457 e. The first kappa shape index (κ1) is 41.9. The molecule has 0 amide bonds. The SMILES string of the molecule is c1ccc(-c2ccc(-c3ccc(N(c4ccc5c6c(ccc5c4)C4(c5ccccc5Oc5ccccc54)c4ccccc4-6)c4cccc5c4-c4ccccc4C54c5ccccc5Oc5ccccc54)cc3)cc2)cc1. The van der Waals surface area contributed by atoms with Gasteiger partial charge in [-0.2, -0.15) is 0 Å². The van der Waals surface area contributed by atoms with Crippen LogP contribution in [0.4, 0.5) is 17.1 Å². The maximum Gasteiger partial charge on any atom is 0.132 e. The number of anilines is 3. The van der Waals surface area contributed by atoms with Gasteiger partial charge in [0.1, 0.15) is 23.0 Å². The molecule has 0 N–H and O–H groups in total. The van der Waals surface area contributed by atoms with Gasteiger partial charge in [-0.1, -0.05) is 218 Å². The molecule has 0 fully saturated rings. The van der Waals surface area contributed by atoms with Crippen molar-refractivity contribution in [3.8, 4) is 67.5 Å². The van der Waals surface area contributed by atoms with Crippen LogP contribution < -0.4 is 14.4 Å². The van der Waals surface area contributed by atoms with Gasteiger partial charge in [0.05, 0.1) is 16.5 Å². The molecule has 12 aromatic rings. The van der Waals surface area contributed by atoms with Gasteiger partial charge in [-0.15, -0.1) is 0 Å². The molecule has 12 aromatic carbocycles. The van der Waals surface area contributed by atoms with Gasteiger partial charge >= 0.3 is 0 Å². The number of nitrogens with zero attached hydrogens (tertiary/aromatic N) is 1. The highest BCUT2D eigenvalue weighted by Gasteiger charge is 2.53. The first-order valence-corrected chi connectivity index (χ1v) is 25.9. The van der Waals surface area contributed by atoms with E-state index in [4.69, 9.17) is 9.47 Å². The minimum atomic E-state index is -0.608. The Bertz CT molecular complexity index is 4220. The maximum absolute atomic E-state index is 6.74. The van der Waals surface area contributed by atoms with Crippen LogP contribution in [0.3, 0.4) is 0 Å². The normalized spacial score (nSPS) is 14.0. The second-order valence-electron chi connectivity index (χ2n) is 20.2. The highest BCUT2D eigenvalue weighted by molar-refractivity contribution is 6.07. The number of benzene rings is 12. The molecule has 0 radical (unpaired) electrons. The number of para-hydroxylation sites is 4. The third kappa shape index (κ3) is 5.75. The van der Waals surface area contributed by atoms with Gasteiger partial charge in [0, 0.05) is 39.2 Å². The zero-order chi connectivity index (χ0) is 49.2. The molecule has 0 atom stereocenters. The Morgan fingerprint density at radius 2 is 0.667 bits per heavy atom. The second-order valence-corrected chi connectivity index (χ2v) is 20.2. The van der Waals surface area contributed by atoms with Crippen molar-refractivity contribution in [1.29, 1.82) is 0 Å². The highest BCUT2D eigenvalue weighted by Crippen LogP contribution is 2.66. The molecule has 4 aliphatic rings. The summed E-state index contributed by atoms with van der Waals surface area (Å²) in [4.78, 5) is 2.49. The Labute approximate surface area is 435 Å². The van der Waals surface area contributed by atoms with Gasteiger partial charge < -0.3 is 14.4 Å². The average molecular weight is 956 g/mol. The summed E-state index contributed by atoms with van der Waals surface area (Å²) in [5.74, 6) is 3.55. The zero-order valence-electron chi connectivity index (χ0n) is 40.7. The predicted molar refractivity (Wildman–Crippen MR) is 304 cm³/mol. The molecule has 2 aliphatic carbocycles. The van der Waals surface area contributed by atoms with E-state index in [1.165, 1.54) is 83.1 Å². The number of rotatable bonds is 5. The fourth-order valence-electron chi connectivity index (χ4n) is 13.6. The zero-order valence-corrected chi connectivity index (χ0v) is 40.7. The summed E-state index contributed by atoms with van der Waals surface area (Å²) < 4.78 is 13.4. The number of fused-ring (bicyclic) bond motifs is 20. The smallest absolute Gasteiger partial charge is 0.132 e. The number of hydrogen-bond donors (Lipinski definition) is 0. The van der Waals surface area contributed by atoms with Gasteiger partial charge in [-0.3, -0.25) is 0 Å². The molecule has 0 saturated carbocycles. The van der Waals surface area contributed by atoms with Crippen molar-refractivity contribution >= 4 is 27.8 Å². The molecule has 2 aliphatic heterocycles. The Kier molecular flexibility index (Phi) is 8.88. The van der Waals surface area contributed by atoms with Crippen LogP contribution in [0.1, 0.15) is 44.5 Å². The molecule has 0 bridgehead atoms. The van der Waals surface area contributed by atoms with Gasteiger partial charge in [0.15, 0.2) is 0 Å². The maximum atomic E-state index is 6.74. The topological polar surface area (TPSA) is 21.7 Å². The van der Waals surface area contributed by atoms with E-state index in [9.17, 15) is 0 Å². The Hall–Kier alpha value is -9.70. The van der Waals surface area contributed by atoms with E-state index < -0.39 is 10.8 Å². The quantitative estimate of drug-likeness (QED) is 0.172. The lowest BCUT2D eigenvalue weighted by Gasteiger charge is -2.39. The van der Waals surface area contributed by atoms with Crippen molar-refractivity contribution in [1.82, 2.24) is 0 Å². The molecule has 75 heavy (non-hydrogen) atoms. The molecule has 16 rings (SSSR count). The summed E-state index contributed by atoms with van der Waals surface area (Å²) in [5.41, 5.74) is 21.5. The lowest BCUT2D eigenvalue weighted by atomic mass is 9.66. The van der Waals surface area contributed by atoms with Crippen molar-refractivity contribution in [2.75, 3.05) is 4.90 Å². The van der Waals surface area contributed by atoms with Crippen LogP contribution in [-0.2, 0) is 10.8 Å². The molecular weight excluding hydrogens is 911 g/mol. The van der Waals surface area contributed by atoms with Gasteiger partial charge in [0.2, 0.25) is 0 Å². The van der Waals surface area contributed by atoms with E-state index in [0.717, 1.165) is 56.8 Å². The number of hydrogen-bond acceptors (Lipinski definition) is 3. The molecule has 350 valence electrons. The fourth-order valence-corrected chi connectivity index (χ4v) is 13.6. The predicted octanol–water partition coefficient (Wildman–Crippen LogP) is 18.6. The van der Waals surface area contributed by atoms with E-state index in [0.29, 0.717) is 0 Å². The van der Waals surface area contributed by atoms with Crippen molar-refractivity contribution < 1.29 is 9.47 Å². The van der Waals surface area contributed by atoms with E-state index in [2.05, 4.69) is 278 Å². The molecule has 3 heteroatoms. The van der Waals surface area contributed by atoms with Crippen molar-refractivity contribution in [3.63, 3.8) is 0 Å². The summed E-state index contributed by atoms with van der Waals surface area (Å²) in [6, 6.07) is 99.9. The van der Waals surface area contributed by atoms with Crippen LogP contribution in [0.2, 0.25) is 0 Å². The van der Waals surface area contributed by atoms with E-state index >= 15 is 0 Å². The summed E-state index contributed by atoms with van der Waals surface area (Å²) >= 11 is 0. The molecule has 0 saturated heterocycles. The first-order valence-electron chi connectivity index (χ1n) is 25.9. The minimum absolute atomic E-state index is 0.546. The van der Waals surface area contributed by atoms with Crippen molar-refractivity contribution in [3.05, 3.63) is 317 Å². The second kappa shape index (κ2) is 15.9. The fraction of sp³-hybridized carbons (Fsp3) is 0.0278. The molecule has 2 heterocycles. The van der Waals surface area contributed by atoms with Crippen LogP contribution in [0.5, 0.6) is 23.0 Å². The van der Waals surface area contributed by atoms with Gasteiger partial charge in [0.25, 0.3) is 0 Å². The standard InChI is InChI=1S/C72H45NO2/c1-2-17-46(18-3-1)47-33-35-48(36-34-47)49-37-40-51(41-38-49)73(64-28-16-27-62-70(64)55-20-5-7-22-57(55)71(62)58-23-8-12-29-65(58)74-66-30-13-9-24-59(66)71)52-42-43-53-50(45-52)39-44-63-69(53)54-19-4-6-21-56(54)72(63)60-25-10-14-31-67(60)75-68-32-15-11-26-61(68)72/h1-45H. The van der Waals surface area contributed by atoms with E-state index in [-0.39, 0.29) is 0 Å². The van der Waals surface area contributed by atoms with Crippen LogP contribution in [0, 0.1) is 0 Å². The Morgan fingerprint density at radius 3 is 1.20 bits per heavy atom. The highest BCUT2D eigenvalue weighted by atomic mass is 16.5. The molecule has 0 aromatic heterocycles. The lowest BCUT2D eigenvalue weighted by molar-refractivity contribution is 0.436. The van der Waals surface area contributed by atoms with E-state index in [1.54, 1.807) is 0 Å². The summed E-state index contributed by atoms with van der Waals surface area (Å²) in [7, 11) is 0. The summed E-state index contributed by atoms with van der Waals surface area (Å²) in [5, 5.41) is 2.39. The summed E-state index contributed by atoms with van der Waals surface area (Å²) in [6.45, 7) is 0. The average Bonchev–Trinajstić information content (AvgIpc) is 4.18. The Morgan fingerprint density at radius 1 is 0.267 bits per heavy atom. The van der Waals surface area contributed by atoms with Crippen LogP contribution in [0.25, 0.3) is 55.3 Å². The first-order chi connectivity index (χ1) is 37.2. The van der Waals surface area contributed by atoms with Gasteiger partial charge in [-0.05, 0) is 127 Å². The summed E-state index contributed by atoms with van der Waals surface area (Å²) in [6.07, 6.45) is 0. The molecule has 0 unspecified atom stereocenters. The lowest BCUT2D eigenvalue weighted by Crippen LogP contribution is -2.32. The van der Waals surface area contributed by atoms with Gasteiger partial charge in [-0.25, -0.2) is 0 Å². The minimum Gasteiger partial charge on any atom is -0.457 e. The Balaban J connectivity index is 0.916. The van der Waals surface area contributed by atoms with Crippen LogP contribution >= 0.6 is 0 Å². The van der Waals surface area contributed by atoms with E-state index in [1.807, 2.05) is 0 Å². The number of ether oxygens (including phenoxy) is 2. The molecule has 2 spiro atoms. The van der Waals surface area contributed by atoms with Crippen LogP contribution in [0.15, 0.2) is 273 Å².